The molecule has 2 aliphatic rings. The highest BCUT2D eigenvalue weighted by Crippen LogP contribution is 2.28. The van der Waals surface area contributed by atoms with Gasteiger partial charge in [-0.05, 0) is 33.1 Å². The summed E-state index contributed by atoms with van der Waals surface area (Å²) in [5.74, 6) is 0.637. The second-order valence-corrected chi connectivity index (χ2v) is 5.45. The van der Waals surface area contributed by atoms with Crippen LogP contribution >= 0.6 is 0 Å². The zero-order chi connectivity index (χ0) is 11.1. The Kier molecular flexibility index (Phi) is 2.63. The zero-order valence-corrected chi connectivity index (χ0v) is 9.75. The summed E-state index contributed by atoms with van der Waals surface area (Å²) in [6.45, 7) is 8.54. The van der Waals surface area contributed by atoms with Gasteiger partial charge in [0.1, 0.15) is 5.60 Å². The van der Waals surface area contributed by atoms with Gasteiger partial charge < -0.3 is 15.0 Å². The van der Waals surface area contributed by atoms with E-state index in [1.54, 1.807) is 0 Å². The number of hydrogen-bond acceptors (Lipinski definition) is 3. The second kappa shape index (κ2) is 3.67. The smallest absolute Gasteiger partial charge is 0.410 e. The van der Waals surface area contributed by atoms with Gasteiger partial charge in [0.15, 0.2) is 0 Å². The van der Waals surface area contributed by atoms with Crippen molar-refractivity contribution in [3.63, 3.8) is 0 Å². The Morgan fingerprint density at radius 1 is 1.40 bits per heavy atom. The molecule has 2 fully saturated rings. The third-order valence-electron chi connectivity index (χ3n) is 3.07. The normalized spacial score (nSPS) is 30.5. The highest BCUT2D eigenvalue weighted by molar-refractivity contribution is 5.69. The maximum atomic E-state index is 11.9. The maximum absolute atomic E-state index is 11.9. The SMILES string of the molecule is CC(C)(C)OC(=O)N1CC[C@H]2CNC[C@H]21. The average molecular weight is 212 g/mol. The first-order valence-corrected chi connectivity index (χ1v) is 5.68. The number of amides is 1. The summed E-state index contributed by atoms with van der Waals surface area (Å²) in [5, 5.41) is 3.32. The van der Waals surface area contributed by atoms with Crippen LogP contribution in [0.25, 0.3) is 0 Å². The van der Waals surface area contributed by atoms with Gasteiger partial charge in [-0.2, -0.15) is 0 Å². The Balaban J connectivity index is 1.96. The number of rotatable bonds is 0. The maximum Gasteiger partial charge on any atom is 0.410 e. The molecule has 1 amide bonds. The first kappa shape index (κ1) is 10.7. The first-order chi connectivity index (χ1) is 6.97. The van der Waals surface area contributed by atoms with Gasteiger partial charge in [-0.3, -0.25) is 0 Å². The molecule has 2 atom stereocenters. The highest BCUT2D eigenvalue weighted by atomic mass is 16.6. The lowest BCUT2D eigenvalue weighted by Gasteiger charge is -2.27. The van der Waals surface area contributed by atoms with Crippen molar-refractivity contribution >= 4 is 6.09 Å². The van der Waals surface area contributed by atoms with E-state index in [1.165, 1.54) is 0 Å². The Labute approximate surface area is 91.0 Å². The second-order valence-electron chi connectivity index (χ2n) is 5.45. The molecule has 2 rings (SSSR count). The largest absolute Gasteiger partial charge is 0.444 e. The van der Waals surface area contributed by atoms with Gasteiger partial charge in [0.2, 0.25) is 0 Å². The molecule has 0 aliphatic carbocycles. The van der Waals surface area contributed by atoms with Crippen molar-refractivity contribution in [2.24, 2.45) is 5.92 Å². The molecule has 4 nitrogen and oxygen atoms in total. The van der Waals surface area contributed by atoms with Crippen LogP contribution in [0.4, 0.5) is 4.79 Å². The molecule has 1 N–H and O–H groups in total. The van der Waals surface area contributed by atoms with Crippen LogP contribution < -0.4 is 5.32 Å². The van der Waals surface area contributed by atoms with Gasteiger partial charge in [0.25, 0.3) is 0 Å². The van der Waals surface area contributed by atoms with E-state index in [9.17, 15) is 4.79 Å². The molecule has 0 aromatic carbocycles. The van der Waals surface area contributed by atoms with Crippen molar-refractivity contribution in [1.29, 1.82) is 0 Å². The van der Waals surface area contributed by atoms with E-state index in [0.29, 0.717) is 12.0 Å². The predicted molar refractivity (Wildman–Crippen MR) is 57.7 cm³/mol. The fourth-order valence-corrected chi connectivity index (χ4v) is 2.40. The molecule has 0 saturated carbocycles. The average Bonchev–Trinajstić information content (AvgIpc) is 2.57. The van der Waals surface area contributed by atoms with Crippen molar-refractivity contribution < 1.29 is 9.53 Å². The first-order valence-electron chi connectivity index (χ1n) is 5.68. The van der Waals surface area contributed by atoms with Gasteiger partial charge in [0.05, 0.1) is 6.04 Å². The van der Waals surface area contributed by atoms with Crippen molar-refractivity contribution in [2.45, 2.75) is 38.8 Å². The molecule has 15 heavy (non-hydrogen) atoms. The standard InChI is InChI=1S/C11H20N2O2/c1-11(2,3)15-10(14)13-5-4-8-6-12-7-9(8)13/h8-9,12H,4-7H2,1-3H3/t8-,9+/m0/s1. The van der Waals surface area contributed by atoms with E-state index in [1.807, 2.05) is 25.7 Å². The monoisotopic (exact) mass is 212 g/mol. The van der Waals surface area contributed by atoms with Gasteiger partial charge >= 0.3 is 6.09 Å². The van der Waals surface area contributed by atoms with Crippen LogP contribution in [0.15, 0.2) is 0 Å². The van der Waals surface area contributed by atoms with E-state index in [2.05, 4.69) is 5.32 Å². The molecule has 0 radical (unpaired) electrons. The van der Waals surface area contributed by atoms with Crippen molar-refractivity contribution in [2.75, 3.05) is 19.6 Å². The third kappa shape index (κ3) is 2.25. The van der Waals surface area contributed by atoms with Crippen molar-refractivity contribution in [3.05, 3.63) is 0 Å². The lowest BCUT2D eigenvalue weighted by molar-refractivity contribution is 0.0227. The number of ether oxygens (including phenoxy) is 1. The van der Waals surface area contributed by atoms with Crippen LogP contribution in [-0.4, -0.2) is 42.3 Å². The number of carbonyl (C=O) groups is 1. The topological polar surface area (TPSA) is 41.6 Å². The fraction of sp³-hybridized carbons (Fsp3) is 0.909. The van der Waals surface area contributed by atoms with Crippen LogP contribution in [0, 0.1) is 5.92 Å². The molecule has 86 valence electrons. The molecule has 0 unspecified atom stereocenters. The summed E-state index contributed by atoms with van der Waals surface area (Å²) in [6.07, 6.45) is 0.954. The van der Waals surface area contributed by atoms with Gasteiger partial charge in [-0.15, -0.1) is 0 Å². The van der Waals surface area contributed by atoms with Gasteiger partial charge in [-0.1, -0.05) is 0 Å². The molecular weight excluding hydrogens is 192 g/mol. The minimum atomic E-state index is -0.388. The molecular formula is C11H20N2O2. The molecule has 2 aliphatic heterocycles. The summed E-state index contributed by atoms with van der Waals surface area (Å²) in [4.78, 5) is 13.8. The van der Waals surface area contributed by atoms with Crippen molar-refractivity contribution in [3.8, 4) is 0 Å². The van der Waals surface area contributed by atoms with Crippen LogP contribution in [0.3, 0.4) is 0 Å². The van der Waals surface area contributed by atoms with E-state index >= 15 is 0 Å². The number of likely N-dealkylation sites (tertiary alicyclic amines) is 1. The summed E-state index contributed by atoms with van der Waals surface area (Å²) in [5.41, 5.74) is -0.388. The summed E-state index contributed by atoms with van der Waals surface area (Å²) in [6, 6.07) is 0.361. The quantitative estimate of drug-likeness (QED) is 0.656. The summed E-state index contributed by atoms with van der Waals surface area (Å²) < 4.78 is 5.39. The molecule has 0 aromatic heterocycles. The number of carbonyl (C=O) groups excluding carboxylic acids is 1. The fourth-order valence-electron chi connectivity index (χ4n) is 2.40. The Morgan fingerprint density at radius 2 is 2.13 bits per heavy atom. The Hall–Kier alpha value is -0.770. The number of nitrogens with zero attached hydrogens (tertiary/aromatic N) is 1. The van der Waals surface area contributed by atoms with Crippen LogP contribution in [0.5, 0.6) is 0 Å². The molecule has 4 heteroatoms. The van der Waals surface area contributed by atoms with E-state index in [0.717, 1.165) is 26.1 Å². The predicted octanol–water partition coefficient (Wildman–Crippen LogP) is 1.22. The van der Waals surface area contributed by atoms with Gasteiger partial charge in [0, 0.05) is 19.6 Å². The van der Waals surface area contributed by atoms with E-state index in [-0.39, 0.29) is 11.7 Å². The molecule has 2 saturated heterocycles. The minimum Gasteiger partial charge on any atom is -0.444 e. The van der Waals surface area contributed by atoms with Crippen LogP contribution in [0.2, 0.25) is 0 Å². The lowest BCUT2D eigenvalue weighted by atomic mass is 10.1. The van der Waals surface area contributed by atoms with E-state index in [4.69, 9.17) is 4.74 Å². The van der Waals surface area contributed by atoms with Crippen LogP contribution in [-0.2, 0) is 4.74 Å². The van der Waals surface area contributed by atoms with Crippen LogP contribution in [0.1, 0.15) is 27.2 Å². The number of nitrogens with one attached hydrogen (secondary N) is 1. The molecule has 2 heterocycles. The van der Waals surface area contributed by atoms with Crippen molar-refractivity contribution in [1.82, 2.24) is 10.2 Å². The highest BCUT2D eigenvalue weighted by Gasteiger charge is 2.41. The lowest BCUT2D eigenvalue weighted by Crippen LogP contribution is -2.42. The zero-order valence-electron chi connectivity index (χ0n) is 9.75. The Bertz CT molecular complexity index is 260. The third-order valence-corrected chi connectivity index (χ3v) is 3.07. The van der Waals surface area contributed by atoms with E-state index < -0.39 is 0 Å². The molecule has 0 aromatic rings. The number of fused-ring (bicyclic) bond motifs is 1. The Morgan fingerprint density at radius 3 is 2.80 bits per heavy atom. The van der Waals surface area contributed by atoms with Gasteiger partial charge in [-0.25, -0.2) is 4.79 Å². The molecule has 0 bridgehead atoms. The number of hydrogen-bond donors (Lipinski definition) is 1. The summed E-state index contributed by atoms with van der Waals surface area (Å²) in [7, 11) is 0. The summed E-state index contributed by atoms with van der Waals surface area (Å²) >= 11 is 0. The minimum absolute atomic E-state index is 0.154. The molecule has 0 spiro atoms.